The van der Waals surface area contributed by atoms with Crippen molar-refractivity contribution in [2.45, 2.75) is 71.0 Å². The molecule has 0 spiro atoms. The SMILES string of the molecule is CCC(CC)(NC(=O)c1c(C)nn2c1N[C@@H](c1ccccc1)CC2(C)C)c1ccc(O)cc1. The van der Waals surface area contributed by atoms with E-state index in [1.54, 1.807) is 12.1 Å². The first-order valence-corrected chi connectivity index (χ1v) is 11.7. The van der Waals surface area contributed by atoms with Crippen LogP contribution in [-0.2, 0) is 11.1 Å². The molecule has 0 aliphatic carbocycles. The smallest absolute Gasteiger partial charge is 0.257 e. The van der Waals surface area contributed by atoms with Gasteiger partial charge in [0.2, 0.25) is 0 Å². The van der Waals surface area contributed by atoms with Gasteiger partial charge in [-0.25, -0.2) is 4.68 Å². The highest BCUT2D eigenvalue weighted by molar-refractivity contribution is 6.00. The number of hydrogen-bond acceptors (Lipinski definition) is 4. The number of phenols is 1. The maximum atomic E-state index is 13.8. The topological polar surface area (TPSA) is 79.2 Å². The van der Waals surface area contributed by atoms with Crippen LogP contribution < -0.4 is 10.6 Å². The standard InChI is InChI=1S/C27H34N4O2/c1-6-27(7-2,20-13-15-21(32)16-14-20)29-25(33)23-18(3)30-31-24(23)28-22(17-26(31,4)5)19-11-9-8-10-12-19/h8-16,22,28,32H,6-7,17H2,1-5H3,(H,29,33)/t22-/m1/s1. The van der Waals surface area contributed by atoms with Crippen molar-refractivity contribution in [2.75, 3.05) is 5.32 Å². The highest BCUT2D eigenvalue weighted by atomic mass is 16.3. The van der Waals surface area contributed by atoms with Crippen LogP contribution in [0.15, 0.2) is 54.6 Å². The molecule has 1 aromatic heterocycles. The Balaban J connectivity index is 1.72. The van der Waals surface area contributed by atoms with Crippen LogP contribution in [0.2, 0.25) is 0 Å². The molecule has 0 bridgehead atoms. The van der Waals surface area contributed by atoms with E-state index < -0.39 is 5.54 Å². The minimum atomic E-state index is -0.533. The number of hydrogen-bond donors (Lipinski definition) is 3. The average Bonchev–Trinajstić information content (AvgIpc) is 3.15. The van der Waals surface area contributed by atoms with Gasteiger partial charge >= 0.3 is 0 Å². The second-order valence-corrected chi connectivity index (χ2v) is 9.64. The Labute approximate surface area is 196 Å². The summed E-state index contributed by atoms with van der Waals surface area (Å²) < 4.78 is 1.97. The summed E-state index contributed by atoms with van der Waals surface area (Å²) in [5.74, 6) is 0.843. The van der Waals surface area contributed by atoms with Gasteiger partial charge in [-0.1, -0.05) is 56.3 Å². The summed E-state index contributed by atoms with van der Waals surface area (Å²) in [5.41, 5.74) is 2.70. The maximum Gasteiger partial charge on any atom is 0.257 e. The molecular formula is C27H34N4O2. The Hall–Kier alpha value is -3.28. The molecule has 1 amide bonds. The van der Waals surface area contributed by atoms with E-state index >= 15 is 0 Å². The van der Waals surface area contributed by atoms with Gasteiger partial charge in [0.15, 0.2) is 0 Å². The van der Waals surface area contributed by atoms with E-state index in [1.165, 1.54) is 5.56 Å². The van der Waals surface area contributed by atoms with E-state index in [0.29, 0.717) is 11.3 Å². The van der Waals surface area contributed by atoms with Crippen molar-refractivity contribution in [3.8, 4) is 5.75 Å². The molecule has 3 N–H and O–H groups in total. The molecule has 0 unspecified atom stereocenters. The Kier molecular flexibility index (Phi) is 5.95. The van der Waals surface area contributed by atoms with Crippen LogP contribution in [0.1, 0.15) is 80.2 Å². The number of nitrogens with one attached hydrogen (secondary N) is 2. The van der Waals surface area contributed by atoms with Crippen LogP contribution in [0.25, 0.3) is 0 Å². The van der Waals surface area contributed by atoms with Crippen LogP contribution in [0.3, 0.4) is 0 Å². The molecule has 0 saturated carbocycles. The van der Waals surface area contributed by atoms with Crippen molar-refractivity contribution in [2.24, 2.45) is 0 Å². The monoisotopic (exact) mass is 446 g/mol. The van der Waals surface area contributed by atoms with Crippen LogP contribution in [0, 0.1) is 6.92 Å². The highest BCUT2D eigenvalue weighted by Gasteiger charge is 2.39. The summed E-state index contributed by atoms with van der Waals surface area (Å²) in [5, 5.41) is 21.5. The Morgan fingerprint density at radius 1 is 1.15 bits per heavy atom. The molecule has 1 aliphatic rings. The lowest BCUT2D eigenvalue weighted by atomic mass is 9.84. The quantitative estimate of drug-likeness (QED) is 0.458. The third-order valence-corrected chi connectivity index (χ3v) is 7.06. The fraction of sp³-hybridized carbons (Fsp3) is 0.407. The van der Waals surface area contributed by atoms with E-state index in [-0.39, 0.29) is 23.2 Å². The molecule has 4 rings (SSSR count). The zero-order chi connectivity index (χ0) is 23.8. The first-order valence-electron chi connectivity index (χ1n) is 11.7. The highest BCUT2D eigenvalue weighted by Crippen LogP contribution is 2.41. The van der Waals surface area contributed by atoms with Crippen molar-refractivity contribution in [3.05, 3.63) is 77.0 Å². The van der Waals surface area contributed by atoms with Gasteiger partial charge in [-0.3, -0.25) is 4.79 Å². The first-order chi connectivity index (χ1) is 15.7. The molecule has 0 radical (unpaired) electrons. The number of aromatic nitrogens is 2. The van der Waals surface area contributed by atoms with E-state index in [1.807, 2.05) is 41.9 Å². The van der Waals surface area contributed by atoms with Gasteiger partial charge in [-0.15, -0.1) is 0 Å². The Bertz CT molecular complexity index is 1130. The molecular weight excluding hydrogens is 412 g/mol. The number of nitrogens with zero attached hydrogens (tertiary/aromatic N) is 2. The lowest BCUT2D eigenvalue weighted by Gasteiger charge is -2.38. The van der Waals surface area contributed by atoms with Gasteiger partial charge in [-0.2, -0.15) is 5.10 Å². The normalized spacial score (nSPS) is 17.2. The Morgan fingerprint density at radius 3 is 2.39 bits per heavy atom. The average molecular weight is 447 g/mol. The molecule has 0 saturated heterocycles. The van der Waals surface area contributed by atoms with Gasteiger partial charge in [0, 0.05) is 0 Å². The summed E-state index contributed by atoms with van der Waals surface area (Å²) >= 11 is 0. The maximum absolute atomic E-state index is 13.8. The molecule has 6 nitrogen and oxygen atoms in total. The summed E-state index contributed by atoms with van der Waals surface area (Å²) in [6.07, 6.45) is 2.33. The zero-order valence-electron chi connectivity index (χ0n) is 20.1. The number of carbonyl (C=O) groups excluding carboxylic acids is 1. The predicted molar refractivity (Wildman–Crippen MR) is 132 cm³/mol. The lowest BCUT2D eigenvalue weighted by molar-refractivity contribution is 0.0889. The van der Waals surface area contributed by atoms with Gasteiger partial charge in [0.1, 0.15) is 17.1 Å². The molecule has 1 atom stereocenters. The zero-order valence-corrected chi connectivity index (χ0v) is 20.1. The molecule has 1 aliphatic heterocycles. The second-order valence-electron chi connectivity index (χ2n) is 9.64. The molecule has 2 heterocycles. The number of fused-ring (bicyclic) bond motifs is 1. The van der Waals surface area contributed by atoms with Crippen molar-refractivity contribution in [3.63, 3.8) is 0 Å². The van der Waals surface area contributed by atoms with Crippen molar-refractivity contribution < 1.29 is 9.90 Å². The molecule has 33 heavy (non-hydrogen) atoms. The lowest BCUT2D eigenvalue weighted by Crippen LogP contribution is -2.45. The number of phenolic OH excluding ortho intramolecular Hbond substituents is 1. The van der Waals surface area contributed by atoms with Crippen LogP contribution in [0.4, 0.5) is 5.82 Å². The van der Waals surface area contributed by atoms with E-state index in [2.05, 4.69) is 50.5 Å². The minimum Gasteiger partial charge on any atom is -0.508 e. The van der Waals surface area contributed by atoms with Crippen LogP contribution >= 0.6 is 0 Å². The second kappa shape index (κ2) is 8.58. The number of rotatable bonds is 6. The number of anilines is 1. The van der Waals surface area contributed by atoms with Crippen molar-refractivity contribution in [1.29, 1.82) is 0 Å². The third kappa shape index (κ3) is 4.10. The number of aryl methyl sites for hydroxylation is 1. The molecule has 174 valence electrons. The van der Waals surface area contributed by atoms with Gasteiger partial charge in [0.25, 0.3) is 5.91 Å². The fourth-order valence-corrected chi connectivity index (χ4v) is 5.03. The molecule has 2 aromatic carbocycles. The van der Waals surface area contributed by atoms with Crippen molar-refractivity contribution >= 4 is 11.7 Å². The fourth-order valence-electron chi connectivity index (χ4n) is 5.03. The summed E-state index contributed by atoms with van der Waals surface area (Å²) in [6, 6.07) is 17.6. The number of carbonyl (C=O) groups is 1. The number of amides is 1. The van der Waals surface area contributed by atoms with Crippen LogP contribution in [0.5, 0.6) is 5.75 Å². The summed E-state index contributed by atoms with van der Waals surface area (Å²) in [6.45, 7) is 10.4. The summed E-state index contributed by atoms with van der Waals surface area (Å²) in [7, 11) is 0. The Morgan fingerprint density at radius 2 is 1.79 bits per heavy atom. The molecule has 0 fully saturated rings. The number of benzene rings is 2. The predicted octanol–water partition coefficient (Wildman–Crippen LogP) is 5.63. The molecule has 3 aromatic rings. The summed E-state index contributed by atoms with van der Waals surface area (Å²) in [4.78, 5) is 13.8. The first kappa shape index (κ1) is 22.9. The largest absolute Gasteiger partial charge is 0.508 e. The van der Waals surface area contributed by atoms with Crippen LogP contribution in [-0.4, -0.2) is 20.8 Å². The third-order valence-electron chi connectivity index (χ3n) is 7.06. The minimum absolute atomic E-state index is 0.0931. The number of aromatic hydroxyl groups is 1. The van der Waals surface area contributed by atoms with E-state index in [4.69, 9.17) is 5.10 Å². The molecule has 6 heteroatoms. The van der Waals surface area contributed by atoms with Gasteiger partial charge in [0.05, 0.1) is 22.8 Å². The van der Waals surface area contributed by atoms with Gasteiger partial charge < -0.3 is 15.7 Å². The van der Waals surface area contributed by atoms with Crippen molar-refractivity contribution in [1.82, 2.24) is 15.1 Å². The van der Waals surface area contributed by atoms with E-state index in [9.17, 15) is 9.90 Å². The van der Waals surface area contributed by atoms with Gasteiger partial charge in [-0.05, 0) is 63.3 Å². The van der Waals surface area contributed by atoms with E-state index in [0.717, 1.165) is 30.6 Å².